The van der Waals surface area contributed by atoms with Crippen LogP contribution in [-0.4, -0.2) is 11.5 Å². The van der Waals surface area contributed by atoms with Crippen molar-refractivity contribution in [3.63, 3.8) is 0 Å². The highest BCUT2D eigenvalue weighted by Crippen LogP contribution is 2.50. The Bertz CT molecular complexity index is 692. The predicted molar refractivity (Wildman–Crippen MR) is 102 cm³/mol. The summed E-state index contributed by atoms with van der Waals surface area (Å²) in [5, 5.41) is 1.18. The lowest BCUT2D eigenvalue weighted by atomic mass is 9.69. The molecule has 2 nitrogen and oxygen atoms in total. The maximum absolute atomic E-state index is 5.19. The Kier molecular flexibility index (Phi) is 3.76. The first-order valence-corrected chi connectivity index (χ1v) is 9.94. The maximum atomic E-state index is 5.19. The van der Waals surface area contributed by atoms with Crippen molar-refractivity contribution in [1.82, 2.24) is 4.98 Å². The molecule has 0 atom stereocenters. The minimum Gasteiger partial charge on any atom is -0.318 e. The fraction of sp³-hybridized carbons (Fsp3) is 0.571. The largest absolute Gasteiger partial charge is 0.318 e. The van der Waals surface area contributed by atoms with E-state index in [-0.39, 0.29) is 10.8 Å². The van der Waals surface area contributed by atoms with Gasteiger partial charge < -0.3 is 4.90 Å². The van der Waals surface area contributed by atoms with Crippen molar-refractivity contribution < 1.29 is 0 Å². The molecule has 24 heavy (non-hydrogen) atoms. The zero-order chi connectivity index (χ0) is 16.9. The summed E-state index contributed by atoms with van der Waals surface area (Å²) in [7, 11) is 0. The summed E-state index contributed by atoms with van der Waals surface area (Å²) in [5.41, 5.74) is 3.02. The van der Waals surface area contributed by atoms with Crippen LogP contribution in [0.2, 0.25) is 0 Å². The maximum Gasteiger partial charge on any atom is 0.190 e. The summed E-state index contributed by atoms with van der Waals surface area (Å²) in [6, 6.07) is 11.5. The number of aromatic nitrogens is 1. The third-order valence-corrected chi connectivity index (χ3v) is 7.07. The van der Waals surface area contributed by atoms with Gasteiger partial charge in [-0.15, -0.1) is 11.3 Å². The van der Waals surface area contributed by atoms with Gasteiger partial charge in [-0.25, -0.2) is 4.98 Å². The number of thiazole rings is 1. The standard InChI is InChI=1S/C21H27N2S/c1-20(2)12-13-21(3,4)18-17(20)22-19(24-18)23(14-15-10-11-15)16-8-6-5-7-9-16/h6-9,15H,10-14H2,1-4H3. The smallest absolute Gasteiger partial charge is 0.190 e. The molecule has 0 saturated heterocycles. The predicted octanol–water partition coefficient (Wildman–Crippen LogP) is 5.84. The molecule has 0 amide bonds. The molecule has 3 heteroatoms. The van der Waals surface area contributed by atoms with Crippen molar-refractivity contribution in [1.29, 1.82) is 0 Å². The average Bonchev–Trinajstić information content (AvgIpc) is 3.25. The van der Waals surface area contributed by atoms with E-state index in [1.54, 1.807) is 0 Å². The zero-order valence-electron chi connectivity index (χ0n) is 15.2. The Labute approximate surface area is 149 Å². The highest BCUT2D eigenvalue weighted by atomic mass is 32.1. The molecular formula is C21H27N2S. The summed E-state index contributed by atoms with van der Waals surface area (Å²) in [6.07, 6.45) is 5.19. The van der Waals surface area contributed by atoms with Crippen molar-refractivity contribution in [2.45, 2.75) is 64.2 Å². The molecule has 2 aromatic rings. The van der Waals surface area contributed by atoms with Gasteiger partial charge in [0.25, 0.3) is 0 Å². The number of benzene rings is 1. The number of anilines is 2. The molecule has 1 aromatic carbocycles. The van der Waals surface area contributed by atoms with Crippen LogP contribution in [0, 0.1) is 12.0 Å². The summed E-state index contributed by atoms with van der Waals surface area (Å²) in [5.74, 6) is 0.830. The van der Waals surface area contributed by atoms with E-state index in [4.69, 9.17) is 4.98 Å². The zero-order valence-corrected chi connectivity index (χ0v) is 16.0. The molecule has 2 aliphatic rings. The summed E-state index contributed by atoms with van der Waals surface area (Å²) in [6.45, 7) is 10.6. The van der Waals surface area contributed by atoms with E-state index < -0.39 is 0 Å². The number of fused-ring (bicyclic) bond motifs is 1. The molecule has 0 bridgehead atoms. The van der Waals surface area contributed by atoms with E-state index in [9.17, 15) is 0 Å². The molecule has 0 unspecified atom stereocenters. The van der Waals surface area contributed by atoms with Crippen molar-refractivity contribution in [3.8, 4) is 0 Å². The number of hydrogen-bond acceptors (Lipinski definition) is 3. The van der Waals surface area contributed by atoms with E-state index in [0.717, 1.165) is 12.5 Å². The molecule has 1 heterocycles. The number of hydrogen-bond donors (Lipinski definition) is 0. The molecule has 0 N–H and O–H groups in total. The first-order valence-electron chi connectivity index (χ1n) is 9.12. The van der Waals surface area contributed by atoms with Crippen molar-refractivity contribution in [2.75, 3.05) is 11.4 Å². The minimum atomic E-state index is 0.190. The third kappa shape index (κ3) is 2.88. The van der Waals surface area contributed by atoms with Crippen LogP contribution in [-0.2, 0) is 10.8 Å². The quantitative estimate of drug-likeness (QED) is 0.695. The van der Waals surface area contributed by atoms with Crippen molar-refractivity contribution >= 4 is 22.2 Å². The van der Waals surface area contributed by atoms with E-state index in [2.05, 4.69) is 50.8 Å². The Hall–Kier alpha value is -1.35. The fourth-order valence-corrected chi connectivity index (χ4v) is 5.02. The van der Waals surface area contributed by atoms with Gasteiger partial charge in [0, 0.05) is 27.9 Å². The van der Waals surface area contributed by atoms with Gasteiger partial charge in [-0.3, -0.25) is 0 Å². The molecule has 1 aromatic heterocycles. The van der Waals surface area contributed by atoms with Crippen LogP contribution in [0.4, 0.5) is 10.8 Å². The van der Waals surface area contributed by atoms with Crippen LogP contribution in [0.1, 0.15) is 63.9 Å². The van der Waals surface area contributed by atoms with Gasteiger partial charge in [0.05, 0.1) is 5.69 Å². The van der Waals surface area contributed by atoms with E-state index >= 15 is 0 Å². The second-order valence-corrected chi connectivity index (χ2v) is 9.73. The lowest BCUT2D eigenvalue weighted by Crippen LogP contribution is -2.32. The first-order chi connectivity index (χ1) is 11.4. The Morgan fingerprint density at radius 3 is 2.42 bits per heavy atom. The van der Waals surface area contributed by atoms with Gasteiger partial charge in [0.15, 0.2) is 5.13 Å². The Balaban J connectivity index is 1.78. The lowest BCUT2D eigenvalue weighted by molar-refractivity contribution is 0.331. The first kappa shape index (κ1) is 16.1. The van der Waals surface area contributed by atoms with Gasteiger partial charge in [0.2, 0.25) is 0 Å². The number of rotatable bonds is 4. The Morgan fingerprint density at radius 1 is 1.12 bits per heavy atom. The van der Waals surface area contributed by atoms with Crippen LogP contribution >= 0.6 is 11.3 Å². The molecular weight excluding hydrogens is 312 g/mol. The van der Waals surface area contributed by atoms with Crippen molar-refractivity contribution in [2.24, 2.45) is 5.92 Å². The third-order valence-electron chi connectivity index (χ3n) is 5.63. The van der Waals surface area contributed by atoms with Gasteiger partial charge in [-0.1, -0.05) is 39.8 Å². The van der Waals surface area contributed by atoms with Crippen molar-refractivity contribution in [3.05, 3.63) is 40.9 Å². The topological polar surface area (TPSA) is 16.1 Å². The highest BCUT2D eigenvalue weighted by Gasteiger charge is 2.41. The second kappa shape index (κ2) is 5.59. The number of nitrogens with zero attached hydrogens (tertiary/aromatic N) is 2. The van der Waals surface area contributed by atoms with Gasteiger partial charge in [-0.2, -0.15) is 0 Å². The second-order valence-electron chi connectivity index (χ2n) is 8.75. The lowest BCUT2D eigenvalue weighted by Gasteiger charge is -2.37. The van der Waals surface area contributed by atoms with Gasteiger partial charge in [0.1, 0.15) is 0 Å². The molecule has 1 saturated carbocycles. The molecule has 1 radical (unpaired) electrons. The van der Waals surface area contributed by atoms with E-state index in [1.165, 1.54) is 47.1 Å². The molecule has 0 spiro atoms. The molecule has 1 fully saturated rings. The molecule has 4 rings (SSSR count). The fourth-order valence-electron chi connectivity index (χ4n) is 3.61. The molecule has 127 valence electrons. The van der Waals surface area contributed by atoms with Crippen LogP contribution in [0.3, 0.4) is 0 Å². The average molecular weight is 340 g/mol. The van der Waals surface area contributed by atoms with Crippen LogP contribution in [0.5, 0.6) is 0 Å². The minimum absolute atomic E-state index is 0.190. The Morgan fingerprint density at radius 2 is 1.79 bits per heavy atom. The molecule has 2 aliphatic carbocycles. The highest BCUT2D eigenvalue weighted by molar-refractivity contribution is 7.16. The van der Waals surface area contributed by atoms with Gasteiger partial charge in [-0.05, 0) is 49.8 Å². The normalized spacial score (nSPS) is 21.3. The molecule has 0 aliphatic heterocycles. The van der Waals surface area contributed by atoms with Crippen LogP contribution in [0.25, 0.3) is 0 Å². The summed E-state index contributed by atoms with van der Waals surface area (Å²) < 4.78 is 0. The van der Waals surface area contributed by atoms with Crippen LogP contribution < -0.4 is 4.90 Å². The summed E-state index contributed by atoms with van der Waals surface area (Å²) >= 11 is 1.92. The van der Waals surface area contributed by atoms with Gasteiger partial charge >= 0.3 is 0 Å². The SMILES string of the molecule is CC1(C)CCC(C)(C)c2sc(N(CC3CC3)c3cc[c]cc3)nc21. The monoisotopic (exact) mass is 339 g/mol. The van der Waals surface area contributed by atoms with E-state index in [0.29, 0.717) is 0 Å². The van der Waals surface area contributed by atoms with E-state index in [1.807, 2.05) is 23.5 Å². The summed E-state index contributed by atoms with van der Waals surface area (Å²) in [4.78, 5) is 9.13. The van der Waals surface area contributed by atoms with Crippen LogP contribution in [0.15, 0.2) is 24.3 Å².